The lowest BCUT2D eigenvalue weighted by atomic mass is 9.82. The summed E-state index contributed by atoms with van der Waals surface area (Å²) in [5.41, 5.74) is 8.14. The molecule has 27 heavy (non-hydrogen) atoms. The second-order valence-electron chi connectivity index (χ2n) is 7.38. The minimum absolute atomic E-state index is 0.0166. The molecule has 1 unspecified atom stereocenters. The summed E-state index contributed by atoms with van der Waals surface area (Å²) in [6, 6.07) is 15.4. The van der Waals surface area contributed by atoms with E-state index in [-0.39, 0.29) is 17.8 Å². The van der Waals surface area contributed by atoms with E-state index in [0.29, 0.717) is 5.56 Å². The van der Waals surface area contributed by atoms with Gasteiger partial charge in [-0.15, -0.1) is 0 Å². The Hall–Kier alpha value is -3.33. The van der Waals surface area contributed by atoms with Crippen LogP contribution in [0, 0.1) is 17.2 Å². The lowest BCUT2D eigenvalue weighted by Gasteiger charge is -2.33. The van der Waals surface area contributed by atoms with Gasteiger partial charge in [0.25, 0.3) is 0 Å². The van der Waals surface area contributed by atoms with Crippen LogP contribution < -0.4 is 10.5 Å². The van der Waals surface area contributed by atoms with Gasteiger partial charge < -0.3 is 10.5 Å². The highest BCUT2D eigenvalue weighted by molar-refractivity contribution is 6.09. The molecule has 0 radical (unpaired) electrons. The molecule has 1 heterocycles. The molecule has 1 saturated carbocycles. The third kappa shape index (κ3) is 1.61. The summed E-state index contributed by atoms with van der Waals surface area (Å²) in [5.74, 6) is 0.948. The van der Waals surface area contributed by atoms with E-state index in [2.05, 4.69) is 6.07 Å². The molecule has 6 nitrogen and oxygen atoms in total. The normalized spacial score (nSPS) is 30.0. The fourth-order valence-electron chi connectivity index (χ4n) is 5.24. The Morgan fingerprint density at radius 1 is 1.33 bits per heavy atom. The first-order chi connectivity index (χ1) is 13.0. The van der Waals surface area contributed by atoms with Gasteiger partial charge in [-0.2, -0.15) is 5.26 Å². The fourth-order valence-corrected chi connectivity index (χ4v) is 5.24. The smallest absolute Gasteiger partial charge is 0.242 e. The molecule has 2 N–H and O–H groups in total. The van der Waals surface area contributed by atoms with Crippen LogP contribution >= 0.6 is 0 Å². The summed E-state index contributed by atoms with van der Waals surface area (Å²) in [6.45, 7) is 0. The van der Waals surface area contributed by atoms with Crippen molar-refractivity contribution in [3.63, 3.8) is 0 Å². The summed E-state index contributed by atoms with van der Waals surface area (Å²) in [5, 5.41) is 9.32. The van der Waals surface area contributed by atoms with E-state index in [9.17, 15) is 10.1 Å². The van der Waals surface area contributed by atoms with Gasteiger partial charge >= 0.3 is 0 Å². The molecule has 3 aliphatic rings. The van der Waals surface area contributed by atoms with Crippen LogP contribution in [0.25, 0.3) is 0 Å². The van der Waals surface area contributed by atoms with Crippen molar-refractivity contribution >= 4 is 11.9 Å². The third-order valence-corrected chi connectivity index (χ3v) is 6.41. The predicted octanol–water partition coefficient (Wildman–Crippen LogP) is 1.67. The maximum absolute atomic E-state index is 13.5. The van der Waals surface area contributed by atoms with Crippen LogP contribution in [0.15, 0.2) is 47.5 Å². The molecule has 0 bridgehead atoms. The van der Waals surface area contributed by atoms with Crippen molar-refractivity contribution in [2.24, 2.45) is 16.6 Å². The van der Waals surface area contributed by atoms with Crippen molar-refractivity contribution in [2.45, 2.75) is 17.4 Å². The Bertz CT molecular complexity index is 1090. The van der Waals surface area contributed by atoms with Crippen LogP contribution in [0.5, 0.6) is 5.75 Å². The van der Waals surface area contributed by atoms with Gasteiger partial charge in [0.1, 0.15) is 16.7 Å². The largest absolute Gasteiger partial charge is 0.497 e. The molecule has 0 saturated heterocycles. The number of methoxy groups -OCH3 is 1. The van der Waals surface area contributed by atoms with Crippen LogP contribution in [0.4, 0.5) is 0 Å². The number of carbonyl (C=O) groups is 1. The number of aliphatic imine (C=N–C) groups is 1. The van der Waals surface area contributed by atoms with Gasteiger partial charge in [-0.25, -0.2) is 4.99 Å². The summed E-state index contributed by atoms with van der Waals surface area (Å²) in [6.07, 6.45) is 0.722. The van der Waals surface area contributed by atoms with Crippen molar-refractivity contribution in [1.82, 2.24) is 4.90 Å². The minimum atomic E-state index is -0.764. The highest BCUT2D eigenvalue weighted by Gasteiger charge is 2.86. The quantitative estimate of drug-likeness (QED) is 0.884. The van der Waals surface area contributed by atoms with Crippen LogP contribution in [0.3, 0.4) is 0 Å². The van der Waals surface area contributed by atoms with Crippen molar-refractivity contribution in [2.75, 3.05) is 14.2 Å². The van der Waals surface area contributed by atoms with Gasteiger partial charge in [0, 0.05) is 13.0 Å². The zero-order valence-corrected chi connectivity index (χ0v) is 15.1. The van der Waals surface area contributed by atoms with Gasteiger partial charge in [0.05, 0.1) is 18.7 Å². The maximum atomic E-state index is 13.5. The van der Waals surface area contributed by atoms with Gasteiger partial charge in [-0.3, -0.25) is 9.69 Å². The number of hydrogen-bond donors (Lipinski definition) is 1. The number of ether oxygens (including phenoxy) is 1. The van der Waals surface area contributed by atoms with Crippen LogP contribution in [0.2, 0.25) is 0 Å². The lowest BCUT2D eigenvalue weighted by Crippen LogP contribution is -2.51. The molecule has 2 aromatic carbocycles. The van der Waals surface area contributed by atoms with Gasteiger partial charge in [-0.1, -0.05) is 18.2 Å². The molecule has 3 atom stereocenters. The van der Waals surface area contributed by atoms with E-state index in [1.54, 1.807) is 20.2 Å². The van der Waals surface area contributed by atoms with Gasteiger partial charge in [0.15, 0.2) is 5.96 Å². The van der Waals surface area contributed by atoms with E-state index >= 15 is 0 Å². The number of likely N-dealkylation sites (N-methyl/N-ethyl adjacent to an activating group) is 1. The van der Waals surface area contributed by atoms with Crippen LogP contribution in [-0.2, 0) is 22.2 Å². The number of fused-ring (bicyclic) bond motifs is 2. The molecule has 1 aliphatic heterocycles. The monoisotopic (exact) mass is 358 g/mol. The summed E-state index contributed by atoms with van der Waals surface area (Å²) in [7, 11) is 3.31. The van der Waals surface area contributed by atoms with E-state index in [0.717, 1.165) is 28.9 Å². The molecule has 5 rings (SSSR count). The van der Waals surface area contributed by atoms with Crippen LogP contribution in [-0.4, -0.2) is 30.9 Å². The topological polar surface area (TPSA) is 91.7 Å². The number of benzene rings is 2. The summed E-state index contributed by atoms with van der Waals surface area (Å²) in [4.78, 5) is 19.8. The first kappa shape index (κ1) is 15.9. The molecule has 2 aromatic rings. The zero-order valence-electron chi connectivity index (χ0n) is 15.1. The Kier molecular flexibility index (Phi) is 2.88. The molecule has 1 amide bonds. The second kappa shape index (κ2) is 4.89. The number of amides is 1. The number of nitrogens with two attached hydrogens (primary N) is 1. The fraction of sp³-hybridized carbons (Fsp3) is 0.286. The summed E-state index contributed by atoms with van der Waals surface area (Å²) < 4.78 is 5.35. The minimum Gasteiger partial charge on any atom is -0.497 e. The number of nitriles is 1. The maximum Gasteiger partial charge on any atom is 0.242 e. The lowest BCUT2D eigenvalue weighted by molar-refractivity contribution is -0.130. The van der Waals surface area contributed by atoms with Crippen molar-refractivity contribution in [1.29, 1.82) is 5.26 Å². The molecule has 0 aromatic heterocycles. The molecule has 1 spiro atoms. The number of rotatable bonds is 2. The van der Waals surface area contributed by atoms with Gasteiger partial charge in [-0.05, 0) is 47.4 Å². The highest BCUT2D eigenvalue weighted by Crippen LogP contribution is 2.77. The number of nitrogens with zero attached hydrogens (tertiary/aromatic N) is 3. The van der Waals surface area contributed by atoms with Crippen molar-refractivity contribution in [3.05, 3.63) is 64.7 Å². The molecular formula is C21H18N4O2. The Morgan fingerprint density at radius 2 is 2.15 bits per heavy atom. The molecule has 1 fully saturated rings. The number of hydrogen-bond acceptors (Lipinski definition) is 5. The van der Waals surface area contributed by atoms with E-state index in [1.807, 2.05) is 36.4 Å². The Labute approximate surface area is 156 Å². The standard InChI is InChI=1S/C21H18N4O2/c1-25-18(26)20-16-7-6-15(27-2)9-13(16)10-17(20)21(20,24-19(25)23)14-5-3-4-12(8-14)11-22/h3-9,17H,10H2,1-2H3,(H2,23,24)/t17?,20-,21+/m1/s1. The second-order valence-corrected chi connectivity index (χ2v) is 7.38. The Balaban J connectivity index is 1.78. The average molecular weight is 358 g/mol. The first-order valence-corrected chi connectivity index (χ1v) is 8.82. The van der Waals surface area contributed by atoms with E-state index in [1.165, 1.54) is 4.90 Å². The van der Waals surface area contributed by atoms with Crippen molar-refractivity contribution in [3.8, 4) is 11.8 Å². The van der Waals surface area contributed by atoms with Crippen LogP contribution in [0.1, 0.15) is 22.3 Å². The van der Waals surface area contributed by atoms with Crippen molar-refractivity contribution < 1.29 is 9.53 Å². The SMILES string of the molecule is COc1ccc2c(c1)CC1[C@]3(c4cccc(C#N)c4)N=C(N)N(C)C(=O)[C@@]213. The van der Waals surface area contributed by atoms with E-state index in [4.69, 9.17) is 15.5 Å². The van der Waals surface area contributed by atoms with Gasteiger partial charge in [0.2, 0.25) is 5.91 Å². The predicted molar refractivity (Wildman–Crippen MR) is 99.1 cm³/mol. The molecule has 2 aliphatic carbocycles. The average Bonchev–Trinajstić information content (AvgIpc) is 3.12. The Morgan fingerprint density at radius 3 is 2.89 bits per heavy atom. The molecule has 6 heteroatoms. The van der Waals surface area contributed by atoms with E-state index < -0.39 is 11.0 Å². The first-order valence-electron chi connectivity index (χ1n) is 8.82. The molecular weight excluding hydrogens is 340 g/mol. The third-order valence-electron chi connectivity index (χ3n) is 6.41. The highest BCUT2D eigenvalue weighted by atomic mass is 16.5. The summed E-state index contributed by atoms with van der Waals surface area (Å²) >= 11 is 0. The number of guanidine groups is 1. The number of carbonyl (C=O) groups excluding carboxylic acids is 1. The molecule has 134 valence electrons. The zero-order chi connectivity index (χ0) is 19.0.